The molecular weight excluding hydrogens is 259 g/mol. The van der Waals surface area contributed by atoms with E-state index in [0.717, 1.165) is 5.56 Å². The third-order valence-electron chi connectivity index (χ3n) is 3.10. The fourth-order valence-corrected chi connectivity index (χ4v) is 2.12. The van der Waals surface area contributed by atoms with Gasteiger partial charge in [-0.2, -0.15) is 0 Å². The van der Waals surface area contributed by atoms with Gasteiger partial charge >= 0.3 is 0 Å². The summed E-state index contributed by atoms with van der Waals surface area (Å²) in [6.07, 6.45) is 0. The molecule has 4 nitrogen and oxygen atoms in total. The minimum absolute atomic E-state index is 0.315. The number of rotatable bonds is 5. The number of methoxy groups -OCH3 is 2. The number of benzene rings is 2. The lowest BCUT2D eigenvalue weighted by Crippen LogP contribution is -2.29. The molecule has 0 aliphatic heterocycles. The fraction of sp³-hybridized carbons (Fsp3) is 0.200. The van der Waals surface area contributed by atoms with Crippen LogP contribution in [0.4, 0.5) is 4.39 Å². The van der Waals surface area contributed by atoms with Crippen molar-refractivity contribution in [2.45, 2.75) is 6.04 Å². The van der Waals surface area contributed by atoms with Gasteiger partial charge in [0.15, 0.2) is 0 Å². The highest BCUT2D eigenvalue weighted by atomic mass is 19.1. The lowest BCUT2D eigenvalue weighted by atomic mass is 9.98. The van der Waals surface area contributed by atoms with Gasteiger partial charge in [0.05, 0.1) is 20.3 Å². The number of nitrogens with one attached hydrogen (secondary N) is 1. The first-order valence-corrected chi connectivity index (χ1v) is 6.13. The molecule has 5 heteroatoms. The molecule has 1 atom stereocenters. The first kappa shape index (κ1) is 14.3. The van der Waals surface area contributed by atoms with Gasteiger partial charge in [-0.1, -0.05) is 12.1 Å². The lowest BCUT2D eigenvalue weighted by molar-refractivity contribution is 0.394. The standard InChI is InChI=1S/C15H17FN2O2/c1-19-12-6-7-14(20-2)13(9-12)15(18-17)10-4-3-5-11(16)8-10/h3-9,15,18H,17H2,1-2H3. The van der Waals surface area contributed by atoms with E-state index in [0.29, 0.717) is 17.1 Å². The Labute approximate surface area is 117 Å². The molecule has 0 heterocycles. The van der Waals surface area contributed by atoms with Crippen molar-refractivity contribution in [1.29, 1.82) is 0 Å². The Morgan fingerprint density at radius 2 is 1.90 bits per heavy atom. The van der Waals surface area contributed by atoms with E-state index in [1.165, 1.54) is 12.1 Å². The van der Waals surface area contributed by atoms with Crippen LogP contribution in [0.25, 0.3) is 0 Å². The van der Waals surface area contributed by atoms with Gasteiger partial charge < -0.3 is 9.47 Å². The molecule has 3 N–H and O–H groups in total. The van der Waals surface area contributed by atoms with Crippen LogP contribution in [0, 0.1) is 5.82 Å². The van der Waals surface area contributed by atoms with Crippen LogP contribution in [0.1, 0.15) is 17.2 Å². The third kappa shape index (κ3) is 2.89. The van der Waals surface area contributed by atoms with Crippen molar-refractivity contribution in [3.8, 4) is 11.5 Å². The summed E-state index contributed by atoms with van der Waals surface area (Å²) in [5, 5.41) is 0. The molecule has 2 aromatic carbocycles. The molecule has 0 saturated heterocycles. The second-order valence-corrected chi connectivity index (χ2v) is 4.26. The molecule has 0 saturated carbocycles. The number of halogens is 1. The zero-order valence-electron chi connectivity index (χ0n) is 11.4. The van der Waals surface area contributed by atoms with Gasteiger partial charge in [0.1, 0.15) is 17.3 Å². The van der Waals surface area contributed by atoms with Crippen molar-refractivity contribution in [3.05, 3.63) is 59.4 Å². The van der Waals surface area contributed by atoms with Crippen LogP contribution in [0.5, 0.6) is 11.5 Å². The maximum absolute atomic E-state index is 13.4. The third-order valence-corrected chi connectivity index (χ3v) is 3.10. The smallest absolute Gasteiger partial charge is 0.124 e. The van der Waals surface area contributed by atoms with Crippen LogP contribution in [-0.2, 0) is 0 Å². The van der Waals surface area contributed by atoms with E-state index >= 15 is 0 Å². The Hall–Kier alpha value is -2.11. The van der Waals surface area contributed by atoms with Crippen LogP contribution >= 0.6 is 0 Å². The molecule has 0 aromatic heterocycles. The summed E-state index contributed by atoms with van der Waals surface area (Å²) in [5.41, 5.74) is 4.17. The van der Waals surface area contributed by atoms with E-state index in [4.69, 9.17) is 15.3 Å². The molecule has 0 spiro atoms. The normalized spacial score (nSPS) is 12.0. The molecule has 0 amide bonds. The van der Waals surface area contributed by atoms with E-state index in [2.05, 4.69) is 5.43 Å². The summed E-state index contributed by atoms with van der Waals surface area (Å²) in [6.45, 7) is 0. The van der Waals surface area contributed by atoms with E-state index in [1.807, 2.05) is 6.07 Å². The van der Waals surface area contributed by atoms with Gasteiger partial charge in [-0.05, 0) is 35.9 Å². The quantitative estimate of drug-likeness (QED) is 0.650. The van der Waals surface area contributed by atoms with Gasteiger partial charge in [0.2, 0.25) is 0 Å². The van der Waals surface area contributed by atoms with Crippen molar-refractivity contribution in [2.75, 3.05) is 14.2 Å². The minimum atomic E-state index is -0.393. The molecule has 2 rings (SSSR count). The van der Waals surface area contributed by atoms with Crippen molar-refractivity contribution >= 4 is 0 Å². The van der Waals surface area contributed by atoms with Gasteiger partial charge in [-0.25, -0.2) is 9.82 Å². The van der Waals surface area contributed by atoms with Gasteiger partial charge in [-0.15, -0.1) is 0 Å². The van der Waals surface area contributed by atoms with Crippen molar-refractivity contribution in [2.24, 2.45) is 5.84 Å². The number of nitrogens with two attached hydrogens (primary N) is 1. The number of hydrogen-bond acceptors (Lipinski definition) is 4. The van der Waals surface area contributed by atoms with E-state index in [-0.39, 0.29) is 5.82 Å². The highest BCUT2D eigenvalue weighted by Crippen LogP contribution is 2.32. The molecule has 0 aliphatic carbocycles. The Bertz CT molecular complexity index is 590. The first-order chi connectivity index (χ1) is 9.69. The Kier molecular flexibility index (Phi) is 4.55. The summed E-state index contributed by atoms with van der Waals surface area (Å²) in [7, 11) is 3.16. The molecule has 0 radical (unpaired) electrons. The minimum Gasteiger partial charge on any atom is -0.497 e. The first-order valence-electron chi connectivity index (χ1n) is 6.13. The molecule has 0 aliphatic rings. The number of ether oxygens (including phenoxy) is 2. The van der Waals surface area contributed by atoms with Crippen molar-refractivity contribution in [3.63, 3.8) is 0 Å². The number of hydrogen-bond donors (Lipinski definition) is 2. The zero-order valence-corrected chi connectivity index (χ0v) is 11.4. The monoisotopic (exact) mass is 276 g/mol. The summed E-state index contributed by atoms with van der Waals surface area (Å²) < 4.78 is 23.9. The maximum atomic E-state index is 13.4. The van der Waals surface area contributed by atoms with Crippen molar-refractivity contribution < 1.29 is 13.9 Å². The summed E-state index contributed by atoms with van der Waals surface area (Å²) >= 11 is 0. The largest absolute Gasteiger partial charge is 0.497 e. The van der Waals surface area contributed by atoms with Crippen LogP contribution in [0.15, 0.2) is 42.5 Å². The highest BCUT2D eigenvalue weighted by molar-refractivity contribution is 5.46. The molecular formula is C15H17FN2O2. The lowest BCUT2D eigenvalue weighted by Gasteiger charge is -2.20. The molecule has 0 bridgehead atoms. The van der Waals surface area contributed by atoms with Gasteiger partial charge in [0, 0.05) is 5.56 Å². The second kappa shape index (κ2) is 6.36. The molecule has 106 valence electrons. The van der Waals surface area contributed by atoms with Crippen LogP contribution in [0.2, 0.25) is 0 Å². The Morgan fingerprint density at radius 3 is 2.50 bits per heavy atom. The predicted molar refractivity (Wildman–Crippen MR) is 75.1 cm³/mol. The van der Waals surface area contributed by atoms with E-state index < -0.39 is 6.04 Å². The molecule has 1 unspecified atom stereocenters. The molecule has 2 aromatic rings. The zero-order chi connectivity index (χ0) is 14.5. The summed E-state index contributed by atoms with van der Waals surface area (Å²) in [4.78, 5) is 0. The Balaban J connectivity index is 2.50. The molecule has 20 heavy (non-hydrogen) atoms. The van der Waals surface area contributed by atoms with Crippen LogP contribution in [0.3, 0.4) is 0 Å². The van der Waals surface area contributed by atoms with Crippen LogP contribution < -0.4 is 20.7 Å². The number of hydrazine groups is 1. The Morgan fingerprint density at radius 1 is 1.10 bits per heavy atom. The van der Waals surface area contributed by atoms with E-state index in [9.17, 15) is 4.39 Å². The average Bonchev–Trinajstić information content (AvgIpc) is 2.48. The summed E-state index contributed by atoms with van der Waals surface area (Å²) in [5.74, 6) is 6.65. The fourth-order valence-electron chi connectivity index (χ4n) is 2.12. The SMILES string of the molecule is COc1ccc(OC)c(C(NN)c2cccc(F)c2)c1. The molecule has 0 fully saturated rings. The maximum Gasteiger partial charge on any atom is 0.124 e. The average molecular weight is 276 g/mol. The topological polar surface area (TPSA) is 56.5 Å². The highest BCUT2D eigenvalue weighted by Gasteiger charge is 2.18. The van der Waals surface area contributed by atoms with Crippen molar-refractivity contribution in [1.82, 2.24) is 5.43 Å². The van der Waals surface area contributed by atoms with Gasteiger partial charge in [-0.3, -0.25) is 5.84 Å². The predicted octanol–water partition coefficient (Wildman–Crippen LogP) is 2.40. The summed E-state index contributed by atoms with van der Waals surface area (Å²) in [6, 6.07) is 11.3. The van der Waals surface area contributed by atoms with E-state index in [1.54, 1.807) is 38.5 Å². The van der Waals surface area contributed by atoms with Gasteiger partial charge in [0.25, 0.3) is 0 Å². The second-order valence-electron chi connectivity index (χ2n) is 4.26. The van der Waals surface area contributed by atoms with Crippen LogP contribution in [-0.4, -0.2) is 14.2 Å².